The fourth-order valence-corrected chi connectivity index (χ4v) is 2.14. The number of benzene rings is 2. The van der Waals surface area contributed by atoms with Crippen LogP contribution in [0, 0.1) is 0 Å². The molecule has 0 saturated heterocycles. The van der Waals surface area contributed by atoms with Gasteiger partial charge < -0.3 is 14.8 Å². The highest BCUT2D eigenvalue weighted by atomic mass is 16.5. The minimum atomic E-state index is -0.585. The van der Waals surface area contributed by atoms with Crippen LogP contribution in [0.3, 0.4) is 0 Å². The van der Waals surface area contributed by atoms with Crippen molar-refractivity contribution in [2.24, 2.45) is 0 Å². The van der Waals surface area contributed by atoms with E-state index >= 15 is 0 Å². The first-order chi connectivity index (χ1) is 12.6. The van der Waals surface area contributed by atoms with E-state index in [1.165, 1.54) is 5.56 Å². The molecule has 0 heterocycles. The molecule has 7 nitrogen and oxygen atoms in total. The first kappa shape index (κ1) is 19.1. The Balaban J connectivity index is 1.75. The molecular weight excluding hydrogens is 334 g/mol. The Morgan fingerprint density at radius 2 is 1.65 bits per heavy atom. The fraction of sp³-hybridized carbons (Fsp3) is 0.263. The van der Waals surface area contributed by atoms with Gasteiger partial charge in [-0.25, -0.2) is 10.2 Å². The lowest BCUT2D eigenvalue weighted by atomic mass is 10.2. The highest BCUT2D eigenvalue weighted by molar-refractivity contribution is 5.92. The molecule has 0 bridgehead atoms. The Bertz CT molecular complexity index is 732. The van der Waals surface area contributed by atoms with Crippen LogP contribution in [0.4, 0.5) is 10.5 Å². The molecule has 0 radical (unpaired) electrons. The zero-order chi connectivity index (χ0) is 18.8. The number of aryl methyl sites for hydroxylation is 1. The van der Waals surface area contributed by atoms with Crippen molar-refractivity contribution in [3.63, 3.8) is 0 Å². The van der Waals surface area contributed by atoms with Crippen LogP contribution in [0.2, 0.25) is 0 Å². The number of ether oxygens (including phenoxy) is 2. The van der Waals surface area contributed by atoms with Crippen molar-refractivity contribution in [3.05, 3.63) is 54.1 Å². The van der Waals surface area contributed by atoms with Gasteiger partial charge in [-0.3, -0.25) is 10.2 Å². The molecule has 3 N–H and O–H groups in total. The predicted molar refractivity (Wildman–Crippen MR) is 99.2 cm³/mol. The normalized spacial score (nSPS) is 9.92. The maximum atomic E-state index is 11.9. The smallest absolute Gasteiger partial charge is 0.338 e. The Morgan fingerprint density at radius 3 is 2.35 bits per heavy atom. The average Bonchev–Trinajstić information content (AvgIpc) is 2.67. The van der Waals surface area contributed by atoms with Gasteiger partial charge in [-0.15, -0.1) is 0 Å². The number of para-hydroxylation sites is 2. The number of carbonyl (C=O) groups is 2. The standard InChI is InChI=1S/C19H23N3O4/c1-3-14-9-11-15(12-10-14)26-13-18(23)21-22-19(24)20-16-7-5-6-8-17(16)25-4-2/h5-12H,3-4,13H2,1-2H3,(H,21,23)(H2,20,22,24). The highest BCUT2D eigenvalue weighted by Crippen LogP contribution is 2.23. The largest absolute Gasteiger partial charge is 0.492 e. The molecule has 0 saturated carbocycles. The van der Waals surface area contributed by atoms with Crippen LogP contribution in [-0.4, -0.2) is 25.2 Å². The third-order valence-corrected chi connectivity index (χ3v) is 3.45. The fourth-order valence-electron chi connectivity index (χ4n) is 2.14. The van der Waals surface area contributed by atoms with Crippen molar-refractivity contribution in [1.29, 1.82) is 0 Å². The summed E-state index contributed by atoms with van der Waals surface area (Å²) in [5, 5.41) is 2.61. The molecular formula is C19H23N3O4. The van der Waals surface area contributed by atoms with Gasteiger partial charge in [0.15, 0.2) is 6.61 Å². The maximum Gasteiger partial charge on any atom is 0.338 e. The summed E-state index contributed by atoms with van der Waals surface area (Å²) >= 11 is 0. The number of amides is 3. The lowest BCUT2D eigenvalue weighted by Gasteiger charge is -2.12. The average molecular weight is 357 g/mol. The zero-order valence-corrected chi connectivity index (χ0v) is 14.9. The van der Waals surface area contributed by atoms with Crippen LogP contribution in [0.1, 0.15) is 19.4 Å². The molecule has 3 amide bonds. The van der Waals surface area contributed by atoms with Crippen LogP contribution >= 0.6 is 0 Å². The van der Waals surface area contributed by atoms with Gasteiger partial charge in [-0.05, 0) is 43.2 Å². The molecule has 0 aliphatic rings. The number of carbonyl (C=O) groups excluding carboxylic acids is 2. The molecule has 0 aliphatic heterocycles. The van der Waals surface area contributed by atoms with Crippen molar-refractivity contribution >= 4 is 17.6 Å². The van der Waals surface area contributed by atoms with Crippen molar-refractivity contribution in [3.8, 4) is 11.5 Å². The van der Waals surface area contributed by atoms with Crippen molar-refractivity contribution in [2.75, 3.05) is 18.5 Å². The zero-order valence-electron chi connectivity index (χ0n) is 14.9. The first-order valence-electron chi connectivity index (χ1n) is 8.41. The second-order valence-corrected chi connectivity index (χ2v) is 5.34. The first-order valence-corrected chi connectivity index (χ1v) is 8.41. The molecule has 0 atom stereocenters. The van der Waals surface area contributed by atoms with Gasteiger partial charge in [-0.2, -0.15) is 0 Å². The lowest BCUT2D eigenvalue weighted by Crippen LogP contribution is -2.45. The quantitative estimate of drug-likeness (QED) is 0.665. The minimum Gasteiger partial charge on any atom is -0.492 e. The van der Waals surface area contributed by atoms with Crippen molar-refractivity contribution in [1.82, 2.24) is 10.9 Å². The van der Waals surface area contributed by atoms with E-state index in [2.05, 4.69) is 23.1 Å². The van der Waals surface area contributed by atoms with E-state index in [0.29, 0.717) is 23.8 Å². The summed E-state index contributed by atoms with van der Waals surface area (Å²) in [7, 11) is 0. The molecule has 2 aromatic carbocycles. The Labute approximate surface area is 152 Å². The van der Waals surface area contributed by atoms with Gasteiger partial charge in [0, 0.05) is 0 Å². The van der Waals surface area contributed by atoms with Crippen LogP contribution in [-0.2, 0) is 11.2 Å². The molecule has 26 heavy (non-hydrogen) atoms. The van der Waals surface area contributed by atoms with E-state index < -0.39 is 11.9 Å². The third-order valence-electron chi connectivity index (χ3n) is 3.45. The van der Waals surface area contributed by atoms with Gasteiger partial charge >= 0.3 is 6.03 Å². The second kappa shape index (κ2) is 9.93. The van der Waals surface area contributed by atoms with Gasteiger partial charge in [0.2, 0.25) is 0 Å². The number of urea groups is 1. The highest BCUT2D eigenvalue weighted by Gasteiger charge is 2.08. The number of nitrogens with one attached hydrogen (secondary N) is 3. The second-order valence-electron chi connectivity index (χ2n) is 5.34. The lowest BCUT2D eigenvalue weighted by molar-refractivity contribution is -0.123. The molecule has 138 valence electrons. The number of hydrogen-bond donors (Lipinski definition) is 3. The van der Waals surface area contributed by atoms with E-state index in [1.54, 1.807) is 36.4 Å². The Morgan fingerprint density at radius 1 is 0.923 bits per heavy atom. The summed E-state index contributed by atoms with van der Waals surface area (Å²) in [5.74, 6) is 0.667. The topological polar surface area (TPSA) is 88.7 Å². The van der Waals surface area contributed by atoms with E-state index in [9.17, 15) is 9.59 Å². The Kier molecular flexibility index (Phi) is 7.30. The summed E-state index contributed by atoms with van der Waals surface area (Å²) in [6, 6.07) is 13.9. The third kappa shape index (κ3) is 6.01. The molecule has 0 fully saturated rings. The van der Waals surface area contributed by atoms with Crippen LogP contribution in [0.25, 0.3) is 0 Å². The van der Waals surface area contributed by atoms with Crippen LogP contribution in [0.15, 0.2) is 48.5 Å². The molecule has 0 spiro atoms. The summed E-state index contributed by atoms with van der Waals surface area (Å²) in [6.45, 7) is 4.19. The van der Waals surface area contributed by atoms with E-state index in [4.69, 9.17) is 9.47 Å². The Hall–Kier alpha value is -3.22. The predicted octanol–water partition coefficient (Wildman–Crippen LogP) is 2.88. The van der Waals surface area contributed by atoms with Gasteiger partial charge in [0.05, 0.1) is 12.3 Å². The number of rotatable bonds is 7. The van der Waals surface area contributed by atoms with E-state index in [1.807, 2.05) is 19.1 Å². The summed E-state index contributed by atoms with van der Waals surface area (Å²) in [5.41, 5.74) is 6.24. The number of hydrazine groups is 1. The molecule has 7 heteroatoms. The maximum absolute atomic E-state index is 11.9. The summed E-state index contributed by atoms with van der Waals surface area (Å²) in [4.78, 5) is 23.6. The number of anilines is 1. The summed E-state index contributed by atoms with van der Waals surface area (Å²) in [6.07, 6.45) is 0.937. The van der Waals surface area contributed by atoms with Crippen LogP contribution < -0.4 is 25.6 Å². The van der Waals surface area contributed by atoms with Gasteiger partial charge in [-0.1, -0.05) is 31.2 Å². The molecule has 0 aromatic heterocycles. The monoisotopic (exact) mass is 357 g/mol. The van der Waals surface area contributed by atoms with Gasteiger partial charge in [0.25, 0.3) is 5.91 Å². The SMILES string of the molecule is CCOc1ccccc1NC(=O)NNC(=O)COc1ccc(CC)cc1. The van der Waals surface area contributed by atoms with Crippen LogP contribution in [0.5, 0.6) is 11.5 Å². The molecule has 0 unspecified atom stereocenters. The summed E-state index contributed by atoms with van der Waals surface area (Å²) < 4.78 is 10.8. The molecule has 2 rings (SSSR count). The molecule has 2 aromatic rings. The van der Waals surface area contributed by atoms with Gasteiger partial charge in [0.1, 0.15) is 11.5 Å². The van der Waals surface area contributed by atoms with Crippen molar-refractivity contribution in [2.45, 2.75) is 20.3 Å². The van der Waals surface area contributed by atoms with E-state index in [0.717, 1.165) is 6.42 Å². The number of hydrogen-bond acceptors (Lipinski definition) is 4. The van der Waals surface area contributed by atoms with E-state index in [-0.39, 0.29) is 6.61 Å². The van der Waals surface area contributed by atoms with Crippen molar-refractivity contribution < 1.29 is 19.1 Å². The molecule has 0 aliphatic carbocycles. The minimum absolute atomic E-state index is 0.207.